The van der Waals surface area contributed by atoms with E-state index >= 15 is 0 Å². The lowest BCUT2D eigenvalue weighted by Gasteiger charge is -2.32. The average molecular weight is 409 g/mol. The number of H-pyrrole nitrogens is 1. The monoisotopic (exact) mass is 409 g/mol. The number of halogens is 1. The number of pyridine rings is 1. The molecule has 3 aromatic rings. The van der Waals surface area contributed by atoms with E-state index < -0.39 is 5.92 Å². The summed E-state index contributed by atoms with van der Waals surface area (Å²) in [5.41, 5.74) is 7.06. The van der Waals surface area contributed by atoms with Gasteiger partial charge < -0.3 is 15.6 Å². The normalized spacial score (nSPS) is 16.4. The number of nitrogen functional groups attached to an aromatic ring is 1. The number of anilines is 1. The van der Waals surface area contributed by atoms with Gasteiger partial charge in [-0.15, -0.1) is 0 Å². The van der Waals surface area contributed by atoms with Crippen LogP contribution in [0.4, 0.5) is 10.2 Å². The fourth-order valence-corrected chi connectivity index (χ4v) is 3.66. The molecule has 1 aromatic carbocycles. The van der Waals surface area contributed by atoms with E-state index in [2.05, 4.69) is 10.1 Å². The first-order chi connectivity index (χ1) is 14.4. The maximum atomic E-state index is 13.2. The van der Waals surface area contributed by atoms with Crippen LogP contribution in [-0.4, -0.2) is 44.4 Å². The van der Waals surface area contributed by atoms with Crippen LogP contribution in [0.2, 0.25) is 0 Å². The molecule has 3 heterocycles. The lowest BCUT2D eigenvalue weighted by Crippen LogP contribution is -2.42. The van der Waals surface area contributed by atoms with Gasteiger partial charge in [-0.25, -0.2) is 9.07 Å². The van der Waals surface area contributed by atoms with E-state index in [0.29, 0.717) is 30.6 Å². The van der Waals surface area contributed by atoms with E-state index in [-0.39, 0.29) is 41.0 Å². The SMILES string of the molecule is Nc1c(C(=O)C2CCCN(C(=O)c3ccc(=O)[nH]c3)C2)cnn1-c1ccc(F)cc1. The molecule has 4 rings (SSSR count). The van der Waals surface area contributed by atoms with Gasteiger partial charge in [0.2, 0.25) is 5.56 Å². The Labute approximate surface area is 171 Å². The van der Waals surface area contributed by atoms with Crippen molar-refractivity contribution < 1.29 is 14.0 Å². The number of carbonyl (C=O) groups excluding carboxylic acids is 2. The minimum atomic E-state index is -0.404. The second kappa shape index (κ2) is 7.94. The molecule has 1 saturated heterocycles. The van der Waals surface area contributed by atoms with E-state index in [1.807, 2.05) is 0 Å². The summed E-state index contributed by atoms with van der Waals surface area (Å²) in [4.78, 5) is 41.1. The Morgan fingerprint density at radius 2 is 1.93 bits per heavy atom. The van der Waals surface area contributed by atoms with Crippen LogP contribution in [-0.2, 0) is 0 Å². The number of nitrogens with zero attached hydrogens (tertiary/aromatic N) is 3. The van der Waals surface area contributed by atoms with Crippen molar-refractivity contribution in [2.45, 2.75) is 12.8 Å². The van der Waals surface area contributed by atoms with Crippen LogP contribution < -0.4 is 11.3 Å². The molecule has 0 spiro atoms. The molecule has 1 aliphatic rings. The van der Waals surface area contributed by atoms with Crippen LogP contribution >= 0.6 is 0 Å². The molecule has 1 atom stereocenters. The summed E-state index contributed by atoms with van der Waals surface area (Å²) in [6.45, 7) is 0.796. The fraction of sp³-hybridized carbons (Fsp3) is 0.238. The molecule has 3 N–H and O–H groups in total. The summed E-state index contributed by atoms with van der Waals surface area (Å²) in [5.74, 6) is -1.02. The van der Waals surface area contributed by atoms with Gasteiger partial charge in [0.25, 0.3) is 5.91 Å². The van der Waals surface area contributed by atoms with Gasteiger partial charge in [0.05, 0.1) is 23.0 Å². The molecule has 30 heavy (non-hydrogen) atoms. The quantitative estimate of drug-likeness (QED) is 0.640. The Balaban J connectivity index is 1.52. The van der Waals surface area contributed by atoms with Crippen molar-refractivity contribution in [3.8, 4) is 5.69 Å². The van der Waals surface area contributed by atoms with Crippen molar-refractivity contribution >= 4 is 17.5 Å². The lowest BCUT2D eigenvalue weighted by atomic mass is 9.90. The first-order valence-electron chi connectivity index (χ1n) is 9.55. The molecule has 154 valence electrons. The summed E-state index contributed by atoms with van der Waals surface area (Å²) in [7, 11) is 0. The number of ketones is 1. The maximum Gasteiger partial charge on any atom is 0.255 e. The Hall–Kier alpha value is -3.75. The summed E-state index contributed by atoms with van der Waals surface area (Å²) in [5, 5.41) is 4.18. The molecule has 1 fully saturated rings. The first kappa shape index (κ1) is 19.6. The minimum Gasteiger partial charge on any atom is -0.383 e. The third-order valence-corrected chi connectivity index (χ3v) is 5.25. The van der Waals surface area contributed by atoms with Gasteiger partial charge in [-0.1, -0.05) is 0 Å². The minimum absolute atomic E-state index is 0.177. The first-order valence-corrected chi connectivity index (χ1v) is 9.55. The highest BCUT2D eigenvalue weighted by Gasteiger charge is 2.31. The van der Waals surface area contributed by atoms with E-state index in [1.165, 1.54) is 53.5 Å². The van der Waals surface area contributed by atoms with Crippen LogP contribution in [0, 0.1) is 11.7 Å². The number of hydrogen-bond acceptors (Lipinski definition) is 5. The van der Waals surface area contributed by atoms with Gasteiger partial charge in [0, 0.05) is 31.3 Å². The van der Waals surface area contributed by atoms with E-state index in [1.54, 1.807) is 4.90 Å². The van der Waals surface area contributed by atoms with Gasteiger partial charge >= 0.3 is 0 Å². The van der Waals surface area contributed by atoms with E-state index in [4.69, 9.17) is 5.73 Å². The largest absolute Gasteiger partial charge is 0.383 e. The molecular formula is C21H20FN5O3. The third kappa shape index (κ3) is 3.73. The Morgan fingerprint density at radius 3 is 2.63 bits per heavy atom. The Bertz CT molecular complexity index is 1130. The standard InChI is InChI=1S/C21H20FN5O3/c22-15-4-6-16(7-5-15)27-20(23)17(11-25-27)19(29)14-2-1-9-26(12-14)21(30)13-3-8-18(28)24-10-13/h3-8,10-11,14H,1-2,9,12,23H2,(H,24,28). The third-order valence-electron chi connectivity index (χ3n) is 5.25. The molecule has 0 saturated carbocycles. The van der Waals surface area contributed by atoms with Gasteiger partial charge in [0.1, 0.15) is 11.6 Å². The number of aromatic amines is 1. The number of likely N-dealkylation sites (tertiary alicyclic amines) is 1. The van der Waals surface area contributed by atoms with Crippen LogP contribution in [0.25, 0.3) is 5.69 Å². The highest BCUT2D eigenvalue weighted by atomic mass is 19.1. The van der Waals surface area contributed by atoms with Crippen molar-refractivity contribution in [2.24, 2.45) is 5.92 Å². The van der Waals surface area contributed by atoms with Crippen molar-refractivity contribution in [1.82, 2.24) is 19.7 Å². The second-order valence-electron chi connectivity index (χ2n) is 7.23. The highest BCUT2D eigenvalue weighted by molar-refractivity contribution is 6.02. The van der Waals surface area contributed by atoms with Crippen LogP contribution in [0.5, 0.6) is 0 Å². The van der Waals surface area contributed by atoms with E-state index in [0.717, 1.165) is 0 Å². The number of rotatable bonds is 4. The second-order valence-corrected chi connectivity index (χ2v) is 7.23. The number of nitrogens with two attached hydrogens (primary N) is 1. The molecular weight excluding hydrogens is 389 g/mol. The van der Waals surface area contributed by atoms with Crippen LogP contribution in [0.1, 0.15) is 33.6 Å². The number of nitrogens with one attached hydrogen (secondary N) is 1. The van der Waals surface area contributed by atoms with Crippen LogP contribution in [0.3, 0.4) is 0 Å². The van der Waals surface area contributed by atoms with Gasteiger partial charge in [-0.2, -0.15) is 5.10 Å². The summed E-state index contributed by atoms with van der Waals surface area (Å²) in [6, 6.07) is 8.40. The van der Waals surface area contributed by atoms with Crippen molar-refractivity contribution in [3.63, 3.8) is 0 Å². The van der Waals surface area contributed by atoms with Crippen molar-refractivity contribution in [2.75, 3.05) is 18.8 Å². The predicted octanol–water partition coefficient (Wildman–Crippen LogP) is 2.02. The highest BCUT2D eigenvalue weighted by Crippen LogP contribution is 2.26. The molecule has 2 aromatic heterocycles. The van der Waals surface area contributed by atoms with E-state index in [9.17, 15) is 18.8 Å². The number of Topliss-reactive ketones (excluding diaryl/α,β-unsaturated/α-hetero) is 1. The number of hydrogen-bond donors (Lipinski definition) is 2. The molecule has 1 aliphatic heterocycles. The summed E-state index contributed by atoms with van der Waals surface area (Å²) >= 11 is 0. The van der Waals surface area contributed by atoms with Gasteiger partial charge in [0.15, 0.2) is 5.78 Å². The summed E-state index contributed by atoms with van der Waals surface area (Å²) < 4.78 is 14.5. The number of aromatic nitrogens is 3. The zero-order valence-corrected chi connectivity index (χ0v) is 16.0. The fourth-order valence-electron chi connectivity index (χ4n) is 3.66. The van der Waals surface area contributed by atoms with Crippen LogP contribution in [0.15, 0.2) is 53.6 Å². The number of benzene rings is 1. The smallest absolute Gasteiger partial charge is 0.255 e. The van der Waals surface area contributed by atoms with Gasteiger partial charge in [-0.3, -0.25) is 14.4 Å². The number of amides is 1. The zero-order chi connectivity index (χ0) is 21.3. The lowest BCUT2D eigenvalue weighted by molar-refractivity contribution is 0.0637. The van der Waals surface area contributed by atoms with Crippen molar-refractivity contribution in [1.29, 1.82) is 0 Å². The predicted molar refractivity (Wildman–Crippen MR) is 108 cm³/mol. The molecule has 0 bridgehead atoms. The molecule has 1 amide bonds. The zero-order valence-electron chi connectivity index (χ0n) is 16.0. The maximum absolute atomic E-state index is 13.2. The molecule has 0 radical (unpaired) electrons. The Kier molecular flexibility index (Phi) is 5.18. The van der Waals surface area contributed by atoms with Gasteiger partial charge in [-0.05, 0) is 43.2 Å². The summed E-state index contributed by atoms with van der Waals surface area (Å²) in [6.07, 6.45) is 4.09. The average Bonchev–Trinajstić information content (AvgIpc) is 3.15. The topological polar surface area (TPSA) is 114 Å². The molecule has 1 unspecified atom stereocenters. The molecule has 0 aliphatic carbocycles. The Morgan fingerprint density at radius 1 is 1.17 bits per heavy atom. The number of piperidine rings is 1. The van der Waals surface area contributed by atoms with Crippen molar-refractivity contribution in [3.05, 3.63) is 76.1 Å². The molecule has 9 heteroatoms. The molecule has 8 nitrogen and oxygen atoms in total. The number of carbonyl (C=O) groups is 2.